The Morgan fingerprint density at radius 1 is 0.974 bits per heavy atom. The highest BCUT2D eigenvalue weighted by Gasteiger charge is 2.42. The number of carboxylic acids is 1. The summed E-state index contributed by atoms with van der Waals surface area (Å²) in [6.07, 6.45) is 3.16. The molecule has 6 rings (SSSR count). The summed E-state index contributed by atoms with van der Waals surface area (Å²) in [6.45, 7) is 3.90. The molecular formula is C31H29N3O4S. The van der Waals surface area contributed by atoms with E-state index in [9.17, 15) is 18.3 Å². The Labute approximate surface area is 228 Å². The first-order valence-corrected chi connectivity index (χ1v) is 14.8. The average molecular weight is 540 g/mol. The molecule has 3 heterocycles. The highest BCUT2D eigenvalue weighted by Crippen LogP contribution is 2.33. The van der Waals surface area contributed by atoms with Gasteiger partial charge in [-0.3, -0.25) is 4.90 Å². The zero-order chi connectivity index (χ0) is 27.1. The van der Waals surface area contributed by atoms with Crippen LogP contribution in [-0.4, -0.2) is 66.1 Å². The molecule has 2 N–H and O–H groups in total. The van der Waals surface area contributed by atoms with Gasteiger partial charge >= 0.3 is 5.97 Å². The summed E-state index contributed by atoms with van der Waals surface area (Å²) >= 11 is 0. The van der Waals surface area contributed by atoms with Crippen LogP contribution in [0.4, 0.5) is 0 Å². The second-order valence-corrected chi connectivity index (χ2v) is 12.5. The van der Waals surface area contributed by atoms with Crippen LogP contribution in [0.15, 0.2) is 72.9 Å². The third-order valence-electron chi connectivity index (χ3n) is 7.84. The number of nitrogens with one attached hydrogen (secondary N) is 1. The number of nitrogens with zero attached hydrogens (tertiary/aromatic N) is 2. The third kappa shape index (κ3) is 5.21. The fourth-order valence-electron chi connectivity index (χ4n) is 5.89. The van der Waals surface area contributed by atoms with Gasteiger partial charge < -0.3 is 10.1 Å². The summed E-state index contributed by atoms with van der Waals surface area (Å²) in [4.78, 5) is 17.6. The second-order valence-electron chi connectivity index (χ2n) is 10.6. The molecule has 2 aliphatic rings. The molecule has 2 aliphatic heterocycles. The van der Waals surface area contributed by atoms with Gasteiger partial charge in [0.25, 0.3) is 0 Å². The van der Waals surface area contributed by atoms with Crippen molar-refractivity contribution >= 4 is 26.9 Å². The van der Waals surface area contributed by atoms with Crippen LogP contribution in [0.3, 0.4) is 0 Å². The van der Waals surface area contributed by atoms with Gasteiger partial charge in [0.1, 0.15) is 0 Å². The van der Waals surface area contributed by atoms with Gasteiger partial charge in [0.05, 0.1) is 11.8 Å². The zero-order valence-electron chi connectivity index (χ0n) is 21.6. The molecule has 0 spiro atoms. The number of carboxylic acid groups (broad SMARTS) is 1. The lowest BCUT2D eigenvalue weighted by Gasteiger charge is -2.20. The number of carbonyl (C=O) groups is 1. The predicted molar refractivity (Wildman–Crippen MR) is 152 cm³/mol. The van der Waals surface area contributed by atoms with Crippen molar-refractivity contribution in [1.29, 1.82) is 0 Å². The van der Waals surface area contributed by atoms with E-state index in [0.717, 1.165) is 41.7 Å². The molecule has 0 aliphatic carbocycles. The molecule has 2 unspecified atom stereocenters. The molecule has 2 fully saturated rings. The number of hydrogen-bond acceptors (Lipinski definition) is 4. The van der Waals surface area contributed by atoms with Crippen molar-refractivity contribution in [2.75, 3.05) is 32.4 Å². The molecule has 7 nitrogen and oxygen atoms in total. The molecule has 39 heavy (non-hydrogen) atoms. The lowest BCUT2D eigenvalue weighted by molar-refractivity contribution is 0.0697. The van der Waals surface area contributed by atoms with Crippen molar-refractivity contribution in [3.8, 4) is 23.0 Å². The molecule has 0 saturated carbocycles. The van der Waals surface area contributed by atoms with Crippen LogP contribution in [0.2, 0.25) is 0 Å². The molecule has 8 heteroatoms. The topological polar surface area (TPSA) is 93.7 Å². The number of fused-ring (bicyclic) bond motifs is 2. The Kier molecular flexibility index (Phi) is 6.51. The zero-order valence-corrected chi connectivity index (χ0v) is 22.4. The van der Waals surface area contributed by atoms with Crippen LogP contribution in [0.5, 0.6) is 0 Å². The van der Waals surface area contributed by atoms with E-state index in [1.807, 2.05) is 48.7 Å². The molecule has 1 aromatic heterocycles. The lowest BCUT2D eigenvalue weighted by atomic mass is 9.93. The van der Waals surface area contributed by atoms with Crippen molar-refractivity contribution in [3.63, 3.8) is 0 Å². The van der Waals surface area contributed by atoms with Crippen LogP contribution in [0.25, 0.3) is 22.0 Å². The number of sulfonamides is 1. The van der Waals surface area contributed by atoms with Crippen LogP contribution in [-0.2, 0) is 16.6 Å². The van der Waals surface area contributed by atoms with Crippen molar-refractivity contribution in [2.24, 2.45) is 11.8 Å². The van der Waals surface area contributed by atoms with Crippen LogP contribution >= 0.6 is 0 Å². The maximum atomic E-state index is 12.0. The van der Waals surface area contributed by atoms with Crippen molar-refractivity contribution in [3.05, 3.63) is 95.2 Å². The van der Waals surface area contributed by atoms with E-state index < -0.39 is 16.0 Å². The molecule has 0 bridgehead atoms. The molecule has 198 valence electrons. The number of benzene rings is 3. The van der Waals surface area contributed by atoms with Gasteiger partial charge in [-0.2, -0.15) is 0 Å². The SMILES string of the molecule is CS(=O)(=O)N1CC2CN(Cc3ccc(C#Cc4cccc(C(=O)O)c4-c4ccc5cc[nH]c5c4)cc3)CC2C1. The van der Waals surface area contributed by atoms with E-state index in [1.54, 1.807) is 16.4 Å². The van der Waals surface area contributed by atoms with Gasteiger partial charge in [0, 0.05) is 61.1 Å². The number of aromatic carboxylic acids is 1. The predicted octanol–water partition coefficient (Wildman–Crippen LogP) is 4.26. The van der Waals surface area contributed by atoms with Crippen molar-refractivity contribution < 1.29 is 18.3 Å². The molecule has 0 amide bonds. The monoisotopic (exact) mass is 539 g/mol. The van der Waals surface area contributed by atoms with Crippen LogP contribution < -0.4 is 0 Å². The Hall–Kier alpha value is -3.90. The van der Waals surface area contributed by atoms with E-state index in [2.05, 4.69) is 33.9 Å². The molecular weight excluding hydrogens is 510 g/mol. The largest absolute Gasteiger partial charge is 0.478 e. The first kappa shape index (κ1) is 25.4. The summed E-state index contributed by atoms with van der Waals surface area (Å²) in [5.74, 6) is 6.24. The first-order chi connectivity index (χ1) is 18.7. The van der Waals surface area contributed by atoms with E-state index in [4.69, 9.17) is 0 Å². The number of likely N-dealkylation sites (tertiary alicyclic amines) is 1. The fourth-order valence-corrected chi connectivity index (χ4v) is 6.81. The molecule has 2 atom stereocenters. The average Bonchev–Trinajstić information content (AvgIpc) is 3.62. The normalized spacial score (nSPS) is 19.6. The number of hydrogen-bond donors (Lipinski definition) is 2. The highest BCUT2D eigenvalue weighted by atomic mass is 32.2. The Morgan fingerprint density at radius 3 is 2.41 bits per heavy atom. The van der Waals surface area contributed by atoms with E-state index in [0.29, 0.717) is 36.1 Å². The minimum absolute atomic E-state index is 0.220. The molecule has 3 aromatic carbocycles. The van der Waals surface area contributed by atoms with Gasteiger partial charge in [0.15, 0.2) is 0 Å². The molecule has 0 radical (unpaired) electrons. The summed E-state index contributed by atoms with van der Waals surface area (Å²) in [7, 11) is -3.11. The number of aromatic nitrogens is 1. The molecule has 2 saturated heterocycles. The van der Waals surface area contributed by atoms with E-state index >= 15 is 0 Å². The minimum atomic E-state index is -3.11. The van der Waals surface area contributed by atoms with E-state index in [1.165, 1.54) is 11.8 Å². The Balaban J connectivity index is 1.19. The maximum Gasteiger partial charge on any atom is 0.336 e. The van der Waals surface area contributed by atoms with Gasteiger partial charge in [0.2, 0.25) is 10.0 Å². The minimum Gasteiger partial charge on any atom is -0.478 e. The van der Waals surface area contributed by atoms with E-state index in [-0.39, 0.29) is 5.56 Å². The highest BCUT2D eigenvalue weighted by molar-refractivity contribution is 7.88. The first-order valence-electron chi connectivity index (χ1n) is 13.0. The quantitative estimate of drug-likeness (QED) is 0.370. The number of rotatable bonds is 5. The summed E-state index contributed by atoms with van der Waals surface area (Å²) in [5, 5.41) is 10.9. The second kappa shape index (κ2) is 10.0. The van der Waals surface area contributed by atoms with Gasteiger partial charge in [-0.05, 0) is 64.7 Å². The molecule has 4 aromatic rings. The van der Waals surface area contributed by atoms with Crippen molar-refractivity contribution in [1.82, 2.24) is 14.2 Å². The van der Waals surface area contributed by atoms with Gasteiger partial charge in [-0.15, -0.1) is 0 Å². The smallest absolute Gasteiger partial charge is 0.336 e. The number of aromatic amines is 1. The van der Waals surface area contributed by atoms with Crippen LogP contribution in [0.1, 0.15) is 27.0 Å². The summed E-state index contributed by atoms with van der Waals surface area (Å²) < 4.78 is 25.3. The summed E-state index contributed by atoms with van der Waals surface area (Å²) in [6, 6.07) is 21.2. The van der Waals surface area contributed by atoms with Crippen LogP contribution in [0, 0.1) is 23.7 Å². The standard InChI is InChI=1S/C31H29N3O4S/c1-39(37,38)34-19-26-17-33(18-27(26)20-34)16-22-7-5-21(6-8-22)9-10-24-3-2-4-28(31(35)36)30(24)25-12-11-23-13-14-32-29(23)15-25/h2-8,11-15,26-27,32H,16-20H2,1H3,(H,35,36). The number of H-pyrrole nitrogens is 1. The van der Waals surface area contributed by atoms with Gasteiger partial charge in [-0.25, -0.2) is 17.5 Å². The van der Waals surface area contributed by atoms with Crippen molar-refractivity contribution in [2.45, 2.75) is 6.54 Å². The fraction of sp³-hybridized carbons (Fsp3) is 0.258. The third-order valence-corrected chi connectivity index (χ3v) is 9.07. The maximum absolute atomic E-state index is 12.0. The Bertz CT molecular complexity index is 1720. The Morgan fingerprint density at radius 2 is 1.72 bits per heavy atom. The van der Waals surface area contributed by atoms with Gasteiger partial charge in [-0.1, -0.05) is 42.2 Å². The lowest BCUT2D eigenvalue weighted by Crippen LogP contribution is -2.32. The summed E-state index contributed by atoms with van der Waals surface area (Å²) in [5.41, 5.74) is 5.28.